The molecule has 0 saturated carbocycles. The number of anilines is 1. The van der Waals surface area contributed by atoms with Crippen LogP contribution in [-0.4, -0.2) is 38.4 Å². The number of ether oxygens (including phenoxy) is 1. The number of aromatic nitrogens is 4. The maximum Gasteiger partial charge on any atom is 0.192 e. The van der Waals surface area contributed by atoms with Crippen molar-refractivity contribution in [1.29, 1.82) is 5.26 Å². The molecule has 1 unspecified atom stereocenters. The zero-order valence-electron chi connectivity index (χ0n) is 12.3. The first-order valence-corrected chi connectivity index (χ1v) is 8.72. The van der Waals surface area contributed by atoms with E-state index in [1.165, 1.54) is 6.33 Å². The van der Waals surface area contributed by atoms with E-state index in [1.54, 1.807) is 10.9 Å². The summed E-state index contributed by atoms with van der Waals surface area (Å²) in [5.74, 6) is 0.116. The van der Waals surface area contributed by atoms with E-state index in [1.807, 2.05) is 6.92 Å². The summed E-state index contributed by atoms with van der Waals surface area (Å²) in [6.45, 7) is 2.05. The molecule has 2 aliphatic rings. The summed E-state index contributed by atoms with van der Waals surface area (Å²) in [6.07, 6.45) is 2.38. The van der Waals surface area contributed by atoms with Gasteiger partial charge >= 0.3 is 0 Å². The van der Waals surface area contributed by atoms with Crippen molar-refractivity contribution in [2.24, 2.45) is 11.3 Å². The first kappa shape index (κ1) is 14.6. The predicted octanol–water partition coefficient (Wildman–Crippen LogP) is 0.957. The Morgan fingerprint density at radius 2 is 2.35 bits per heavy atom. The zero-order valence-corrected chi connectivity index (χ0v) is 13.3. The Balaban J connectivity index is 1.83. The van der Waals surface area contributed by atoms with Gasteiger partial charge in [-0.1, -0.05) is 0 Å². The molecule has 0 bridgehead atoms. The third-order valence-electron chi connectivity index (χ3n) is 4.71. The average molecular weight is 334 g/mol. The van der Waals surface area contributed by atoms with Crippen LogP contribution in [0.1, 0.15) is 13.2 Å². The van der Waals surface area contributed by atoms with Crippen molar-refractivity contribution in [2.45, 2.75) is 19.3 Å². The van der Waals surface area contributed by atoms with Crippen molar-refractivity contribution in [3.63, 3.8) is 0 Å². The molecule has 9 nitrogen and oxygen atoms in total. The van der Waals surface area contributed by atoms with Crippen molar-refractivity contribution in [3.05, 3.63) is 12.7 Å². The van der Waals surface area contributed by atoms with Gasteiger partial charge in [0.2, 0.25) is 0 Å². The van der Waals surface area contributed by atoms with Gasteiger partial charge in [0.15, 0.2) is 25.7 Å². The van der Waals surface area contributed by atoms with Gasteiger partial charge in [0.25, 0.3) is 0 Å². The second-order valence-corrected chi connectivity index (χ2v) is 7.44. The highest BCUT2D eigenvalue weighted by Crippen LogP contribution is 2.54. The summed E-state index contributed by atoms with van der Waals surface area (Å²) >= 11 is 0. The highest BCUT2D eigenvalue weighted by atomic mass is 31.1. The molecule has 2 saturated heterocycles. The fraction of sp³-hybridized carbons (Fsp3) is 0.538. The van der Waals surface area contributed by atoms with Gasteiger partial charge in [-0.15, -0.1) is 0 Å². The monoisotopic (exact) mass is 334 g/mol. The summed E-state index contributed by atoms with van der Waals surface area (Å²) in [5.41, 5.74) is 5.93. The standard InChI is InChI=1S/C13H15N6O3P/c1-13(4-14)7-3-23(20)21-2-8(7)22-12(13)19-6-18-9-10(15)16-5-17-11(9)19/h5-8,12,23H,2-3H2,1H3,(H2,15,16,17)/t7-,8-,12-,13-/m1/s1. The smallest absolute Gasteiger partial charge is 0.192 e. The number of nitrogen functional groups attached to an aromatic ring is 1. The normalized spacial score (nSPS) is 36.7. The lowest BCUT2D eigenvalue weighted by Crippen LogP contribution is -2.36. The van der Waals surface area contributed by atoms with E-state index >= 15 is 0 Å². The molecule has 2 aromatic rings. The van der Waals surface area contributed by atoms with Crippen molar-refractivity contribution < 1.29 is 13.8 Å². The largest absolute Gasteiger partial charge is 0.382 e. The molecular formula is C13H15N6O3P. The molecule has 10 heteroatoms. The summed E-state index contributed by atoms with van der Waals surface area (Å²) in [4.78, 5) is 12.4. The van der Waals surface area contributed by atoms with Gasteiger partial charge < -0.3 is 15.0 Å². The molecule has 0 radical (unpaired) electrons. The third kappa shape index (κ3) is 1.99. The first-order chi connectivity index (χ1) is 11.0. The lowest BCUT2D eigenvalue weighted by Gasteiger charge is -2.30. The minimum absolute atomic E-state index is 0.158. The molecule has 5 atom stereocenters. The van der Waals surface area contributed by atoms with Crippen LogP contribution in [0.15, 0.2) is 12.7 Å². The molecule has 2 aromatic heterocycles. The second-order valence-electron chi connectivity index (χ2n) is 6.00. The molecular weight excluding hydrogens is 319 g/mol. The lowest BCUT2D eigenvalue weighted by molar-refractivity contribution is -0.0376. The fourth-order valence-electron chi connectivity index (χ4n) is 3.42. The number of nitrogens with zero attached hydrogens (tertiary/aromatic N) is 5. The summed E-state index contributed by atoms with van der Waals surface area (Å²) < 4.78 is 24.8. The van der Waals surface area contributed by atoms with E-state index in [2.05, 4.69) is 21.0 Å². The van der Waals surface area contributed by atoms with Crippen molar-refractivity contribution in [2.75, 3.05) is 18.5 Å². The Morgan fingerprint density at radius 1 is 1.52 bits per heavy atom. The topological polar surface area (TPSA) is 129 Å². The molecule has 23 heavy (non-hydrogen) atoms. The molecule has 4 heterocycles. The third-order valence-corrected chi connectivity index (χ3v) is 5.97. The van der Waals surface area contributed by atoms with Crippen LogP contribution < -0.4 is 5.73 Å². The van der Waals surface area contributed by atoms with Gasteiger partial charge in [0, 0.05) is 12.1 Å². The van der Waals surface area contributed by atoms with E-state index in [0.717, 1.165) is 0 Å². The number of rotatable bonds is 1. The Bertz CT molecular complexity index is 848. The Morgan fingerprint density at radius 3 is 3.13 bits per heavy atom. The number of hydrogen-bond acceptors (Lipinski definition) is 8. The Labute approximate surface area is 132 Å². The van der Waals surface area contributed by atoms with Crippen LogP contribution in [0.3, 0.4) is 0 Å². The number of imidazole rings is 1. The van der Waals surface area contributed by atoms with Gasteiger partial charge in [-0.25, -0.2) is 15.0 Å². The predicted molar refractivity (Wildman–Crippen MR) is 80.7 cm³/mol. The lowest BCUT2D eigenvalue weighted by atomic mass is 9.77. The molecule has 2 aliphatic heterocycles. The average Bonchev–Trinajstić information content (AvgIpc) is 3.09. The molecule has 4 rings (SSSR count). The highest BCUT2D eigenvalue weighted by Gasteiger charge is 2.57. The number of fused-ring (bicyclic) bond motifs is 2. The van der Waals surface area contributed by atoms with Gasteiger partial charge in [0.05, 0.1) is 25.1 Å². The Hall–Kier alpha value is -2.01. The van der Waals surface area contributed by atoms with Crippen LogP contribution in [0.2, 0.25) is 0 Å². The molecule has 2 fully saturated rings. The van der Waals surface area contributed by atoms with E-state index in [0.29, 0.717) is 17.3 Å². The molecule has 0 aliphatic carbocycles. The van der Waals surface area contributed by atoms with Gasteiger partial charge in [-0.2, -0.15) is 5.26 Å². The first-order valence-electron chi connectivity index (χ1n) is 7.20. The number of nitrogens with two attached hydrogens (primary N) is 1. The summed E-state index contributed by atoms with van der Waals surface area (Å²) in [7, 11) is -2.12. The van der Waals surface area contributed by atoms with Crippen LogP contribution >= 0.6 is 8.03 Å². The van der Waals surface area contributed by atoms with Crippen LogP contribution in [0.25, 0.3) is 11.2 Å². The fourth-order valence-corrected chi connectivity index (χ4v) is 4.93. The quantitative estimate of drug-likeness (QED) is 0.763. The van der Waals surface area contributed by atoms with Crippen molar-refractivity contribution in [1.82, 2.24) is 19.5 Å². The van der Waals surface area contributed by atoms with Crippen molar-refractivity contribution >= 4 is 25.0 Å². The minimum atomic E-state index is -2.12. The molecule has 0 spiro atoms. The molecule has 0 amide bonds. The second kappa shape index (κ2) is 4.99. The molecule has 120 valence electrons. The van der Waals surface area contributed by atoms with Crippen LogP contribution in [0.5, 0.6) is 0 Å². The van der Waals surface area contributed by atoms with Crippen LogP contribution in [0.4, 0.5) is 5.82 Å². The van der Waals surface area contributed by atoms with Crippen LogP contribution in [0, 0.1) is 22.7 Å². The van der Waals surface area contributed by atoms with Crippen molar-refractivity contribution in [3.8, 4) is 6.07 Å². The van der Waals surface area contributed by atoms with Gasteiger partial charge in [-0.05, 0) is 6.92 Å². The zero-order chi connectivity index (χ0) is 16.2. The summed E-state index contributed by atoms with van der Waals surface area (Å²) in [6, 6.07) is 2.35. The van der Waals surface area contributed by atoms with Gasteiger partial charge in [-0.3, -0.25) is 9.13 Å². The summed E-state index contributed by atoms with van der Waals surface area (Å²) in [5, 5.41) is 9.79. The number of nitriles is 1. The maximum absolute atomic E-state index is 11.8. The van der Waals surface area contributed by atoms with E-state index in [4.69, 9.17) is 15.0 Å². The van der Waals surface area contributed by atoms with E-state index < -0.39 is 19.7 Å². The van der Waals surface area contributed by atoms with E-state index in [-0.39, 0.29) is 24.4 Å². The van der Waals surface area contributed by atoms with E-state index in [9.17, 15) is 9.83 Å². The minimum Gasteiger partial charge on any atom is -0.382 e. The SMILES string of the molecule is C[C@@]1(C#N)[C@@H]2C[PH](=O)OC[C@H]2O[C@H]1n1cnc2c(N)ncnc21. The Kier molecular flexibility index (Phi) is 3.17. The number of hydrogen-bond donors (Lipinski definition) is 1. The maximum atomic E-state index is 11.8. The van der Waals surface area contributed by atoms with Gasteiger partial charge in [0.1, 0.15) is 17.3 Å². The molecule has 0 aromatic carbocycles. The highest BCUT2D eigenvalue weighted by molar-refractivity contribution is 7.39. The molecule has 2 N–H and O–H groups in total. The van der Waals surface area contributed by atoms with Crippen LogP contribution in [-0.2, 0) is 13.8 Å².